The normalized spacial score (nSPS) is 14.6. The SMILES string of the molecule is CN(C)C(C#N)CPS. The molecule has 0 aliphatic rings. The highest BCUT2D eigenvalue weighted by molar-refractivity contribution is 8.38. The van der Waals surface area contributed by atoms with Gasteiger partial charge in [-0.2, -0.15) is 17.5 Å². The molecule has 4 heteroatoms. The van der Waals surface area contributed by atoms with Gasteiger partial charge >= 0.3 is 0 Å². The molecule has 0 aromatic heterocycles. The van der Waals surface area contributed by atoms with Crippen LogP contribution in [0.4, 0.5) is 0 Å². The smallest absolute Gasteiger partial charge is 0.102 e. The zero-order chi connectivity index (χ0) is 7.28. The minimum Gasteiger partial charge on any atom is -0.294 e. The number of nitriles is 1. The van der Waals surface area contributed by atoms with Crippen molar-refractivity contribution in [3.63, 3.8) is 0 Å². The van der Waals surface area contributed by atoms with Crippen LogP contribution in [-0.4, -0.2) is 31.2 Å². The Balaban J connectivity index is 3.58. The fourth-order valence-electron chi connectivity index (χ4n) is 0.430. The van der Waals surface area contributed by atoms with Crippen molar-refractivity contribution in [1.29, 1.82) is 5.26 Å². The van der Waals surface area contributed by atoms with Crippen LogP contribution < -0.4 is 0 Å². The third-order valence-corrected chi connectivity index (χ3v) is 2.17. The summed E-state index contributed by atoms with van der Waals surface area (Å²) in [5.41, 5.74) is 0. The first-order chi connectivity index (χ1) is 4.22. The second-order valence-corrected chi connectivity index (χ2v) is 3.64. The summed E-state index contributed by atoms with van der Waals surface area (Å²) in [5.74, 6) is 0. The van der Waals surface area contributed by atoms with Crippen molar-refractivity contribution in [2.75, 3.05) is 20.3 Å². The van der Waals surface area contributed by atoms with Gasteiger partial charge in [-0.25, -0.2) is 0 Å². The molecule has 0 saturated heterocycles. The lowest BCUT2D eigenvalue weighted by Gasteiger charge is -2.14. The Bertz CT molecular complexity index is 110. The highest BCUT2D eigenvalue weighted by Gasteiger charge is 2.06. The number of nitrogens with zero attached hydrogens (tertiary/aromatic N) is 2. The molecule has 0 saturated carbocycles. The molecule has 2 nitrogen and oxygen atoms in total. The summed E-state index contributed by atoms with van der Waals surface area (Å²) in [7, 11) is 4.38. The molecule has 0 heterocycles. The Morgan fingerprint density at radius 3 is 2.44 bits per heavy atom. The zero-order valence-electron chi connectivity index (χ0n) is 5.63. The van der Waals surface area contributed by atoms with Crippen LogP contribution >= 0.6 is 20.0 Å². The maximum atomic E-state index is 8.51. The van der Waals surface area contributed by atoms with Gasteiger partial charge in [0, 0.05) is 6.16 Å². The number of thiol groups is 1. The zero-order valence-corrected chi connectivity index (χ0v) is 7.52. The predicted molar refractivity (Wildman–Crippen MR) is 45.3 cm³/mol. The van der Waals surface area contributed by atoms with Crippen molar-refractivity contribution >= 4 is 20.0 Å². The average Bonchev–Trinajstić information content (AvgIpc) is 1.82. The molecular weight excluding hydrogens is 151 g/mol. The predicted octanol–water partition coefficient (Wildman–Crippen LogP) is 0.963. The van der Waals surface area contributed by atoms with Crippen LogP contribution in [0.1, 0.15) is 0 Å². The molecule has 0 aromatic carbocycles. The maximum absolute atomic E-state index is 8.51. The summed E-state index contributed by atoms with van der Waals surface area (Å²) < 4.78 is 0. The van der Waals surface area contributed by atoms with Gasteiger partial charge in [0.15, 0.2) is 0 Å². The van der Waals surface area contributed by atoms with Crippen LogP contribution in [0.5, 0.6) is 0 Å². The van der Waals surface area contributed by atoms with Crippen molar-refractivity contribution in [3.05, 3.63) is 0 Å². The first-order valence-corrected chi connectivity index (χ1v) is 5.15. The lowest BCUT2D eigenvalue weighted by atomic mass is 10.3. The van der Waals surface area contributed by atoms with Gasteiger partial charge in [-0.3, -0.25) is 4.90 Å². The van der Waals surface area contributed by atoms with E-state index in [2.05, 4.69) is 18.3 Å². The molecule has 0 aromatic rings. The summed E-state index contributed by atoms with van der Waals surface area (Å²) in [6.07, 6.45) is 0.868. The molecule has 0 N–H and O–H groups in total. The largest absolute Gasteiger partial charge is 0.294 e. The van der Waals surface area contributed by atoms with Crippen LogP contribution in [0.3, 0.4) is 0 Å². The van der Waals surface area contributed by atoms with Crippen LogP contribution in [0.2, 0.25) is 0 Å². The van der Waals surface area contributed by atoms with E-state index in [0.29, 0.717) is 7.78 Å². The topological polar surface area (TPSA) is 27.0 Å². The van der Waals surface area contributed by atoms with Crippen LogP contribution in [0.25, 0.3) is 0 Å². The Kier molecular flexibility index (Phi) is 5.18. The first kappa shape index (κ1) is 9.23. The molecule has 9 heavy (non-hydrogen) atoms. The van der Waals surface area contributed by atoms with E-state index in [4.69, 9.17) is 5.26 Å². The van der Waals surface area contributed by atoms with E-state index in [1.165, 1.54) is 0 Å². The van der Waals surface area contributed by atoms with Crippen molar-refractivity contribution in [2.24, 2.45) is 0 Å². The van der Waals surface area contributed by atoms with Crippen LogP contribution in [-0.2, 0) is 0 Å². The average molecular weight is 162 g/mol. The summed E-state index contributed by atoms with van der Waals surface area (Å²) in [6, 6.07) is 2.23. The Labute approximate surface area is 63.2 Å². The molecule has 52 valence electrons. The molecule has 0 amide bonds. The first-order valence-electron chi connectivity index (χ1n) is 2.65. The quantitative estimate of drug-likeness (QED) is 0.494. The van der Waals surface area contributed by atoms with Gasteiger partial charge in [0.2, 0.25) is 0 Å². The van der Waals surface area contributed by atoms with Gasteiger partial charge in [-0.1, -0.05) is 7.78 Å². The van der Waals surface area contributed by atoms with E-state index in [9.17, 15) is 0 Å². The summed E-state index contributed by atoms with van der Waals surface area (Å²) >= 11 is 4.06. The fourth-order valence-corrected chi connectivity index (χ4v) is 1.58. The third-order valence-electron chi connectivity index (χ3n) is 1.06. The molecule has 0 fully saturated rings. The van der Waals surface area contributed by atoms with Gasteiger partial charge in [0.05, 0.1) is 6.07 Å². The fraction of sp³-hybridized carbons (Fsp3) is 0.800. The van der Waals surface area contributed by atoms with E-state index in [1.807, 2.05) is 19.0 Å². The maximum Gasteiger partial charge on any atom is 0.102 e. The standard InChI is InChI=1S/C5H11N2PS/c1-7(2)5(3-6)4-8-9/h5,8-9H,4H2,1-2H3. The number of hydrogen-bond acceptors (Lipinski definition) is 3. The van der Waals surface area contributed by atoms with E-state index in [1.54, 1.807) is 0 Å². The second kappa shape index (κ2) is 5.05. The Morgan fingerprint density at radius 1 is 1.78 bits per heavy atom. The monoisotopic (exact) mass is 162 g/mol. The van der Waals surface area contributed by atoms with Gasteiger partial charge in [0.25, 0.3) is 0 Å². The second-order valence-electron chi connectivity index (χ2n) is 1.97. The summed E-state index contributed by atoms with van der Waals surface area (Å²) in [4.78, 5) is 1.91. The molecular formula is C5H11N2PS. The lowest BCUT2D eigenvalue weighted by Crippen LogP contribution is -2.27. The molecule has 0 bridgehead atoms. The van der Waals surface area contributed by atoms with Crippen molar-refractivity contribution in [2.45, 2.75) is 6.04 Å². The molecule has 0 aliphatic carbocycles. The van der Waals surface area contributed by atoms with Gasteiger partial charge in [0.1, 0.15) is 6.04 Å². The Morgan fingerprint density at radius 2 is 2.33 bits per heavy atom. The van der Waals surface area contributed by atoms with E-state index in [0.717, 1.165) is 6.16 Å². The van der Waals surface area contributed by atoms with E-state index in [-0.39, 0.29) is 6.04 Å². The summed E-state index contributed by atoms with van der Waals surface area (Å²) in [5, 5.41) is 8.51. The van der Waals surface area contributed by atoms with Crippen molar-refractivity contribution in [1.82, 2.24) is 4.90 Å². The highest BCUT2D eigenvalue weighted by Crippen LogP contribution is 2.16. The highest BCUT2D eigenvalue weighted by atomic mass is 32.7. The van der Waals surface area contributed by atoms with Crippen LogP contribution in [0.15, 0.2) is 0 Å². The Hall–Kier alpha value is 0.230. The third kappa shape index (κ3) is 3.75. The minimum atomic E-state index is 0.0424. The van der Waals surface area contributed by atoms with Crippen molar-refractivity contribution in [3.8, 4) is 6.07 Å². The van der Waals surface area contributed by atoms with Crippen LogP contribution in [0, 0.1) is 11.3 Å². The molecule has 2 atom stereocenters. The molecule has 0 spiro atoms. The lowest BCUT2D eigenvalue weighted by molar-refractivity contribution is 0.375. The molecule has 0 aliphatic heterocycles. The number of hydrogen-bond donors (Lipinski definition) is 1. The summed E-state index contributed by atoms with van der Waals surface area (Å²) in [6.45, 7) is 0. The van der Waals surface area contributed by atoms with E-state index < -0.39 is 0 Å². The van der Waals surface area contributed by atoms with E-state index >= 15 is 0 Å². The minimum absolute atomic E-state index is 0.0424. The number of rotatable bonds is 3. The molecule has 0 rings (SSSR count). The van der Waals surface area contributed by atoms with Gasteiger partial charge in [-0.05, 0) is 14.1 Å². The van der Waals surface area contributed by atoms with Gasteiger partial charge in [-0.15, -0.1) is 0 Å². The van der Waals surface area contributed by atoms with Gasteiger partial charge < -0.3 is 0 Å². The molecule has 2 unspecified atom stereocenters. The molecule has 0 radical (unpaired) electrons. The van der Waals surface area contributed by atoms with Crippen molar-refractivity contribution < 1.29 is 0 Å².